The van der Waals surface area contributed by atoms with Gasteiger partial charge in [0, 0.05) is 13.1 Å². The van der Waals surface area contributed by atoms with Crippen molar-refractivity contribution in [2.45, 2.75) is 25.8 Å². The van der Waals surface area contributed by atoms with E-state index in [-0.39, 0.29) is 6.54 Å². The normalized spacial score (nSPS) is 11.6. The molecule has 0 fully saturated rings. The van der Waals surface area contributed by atoms with Crippen LogP contribution in [-0.4, -0.2) is 23.7 Å². The van der Waals surface area contributed by atoms with E-state index in [0.717, 1.165) is 16.7 Å². The first kappa shape index (κ1) is 21.4. The minimum absolute atomic E-state index is 0.182. The van der Waals surface area contributed by atoms with Crippen molar-refractivity contribution in [2.75, 3.05) is 6.54 Å². The van der Waals surface area contributed by atoms with Gasteiger partial charge in [0.1, 0.15) is 19.3 Å². The second-order valence-corrected chi connectivity index (χ2v) is 6.91. The molecule has 3 rings (SSSR count). The van der Waals surface area contributed by atoms with Crippen molar-refractivity contribution >= 4 is 5.97 Å². The summed E-state index contributed by atoms with van der Waals surface area (Å²) in [6.07, 6.45) is 0. The van der Waals surface area contributed by atoms with Crippen LogP contribution in [0.1, 0.15) is 16.7 Å². The number of nitrogens with two attached hydrogens (primary N) is 1. The number of carbonyl (C=O) groups is 1. The van der Waals surface area contributed by atoms with Gasteiger partial charge in [-0.15, -0.1) is 0 Å². The summed E-state index contributed by atoms with van der Waals surface area (Å²) in [7, 11) is 0. The van der Waals surface area contributed by atoms with Gasteiger partial charge in [-0.3, -0.25) is 4.79 Å². The van der Waals surface area contributed by atoms with Crippen molar-refractivity contribution in [1.29, 1.82) is 0 Å². The molecule has 0 saturated carbocycles. The average molecular weight is 406 g/mol. The highest BCUT2D eigenvalue weighted by Gasteiger charge is 2.12. The van der Waals surface area contributed by atoms with Crippen LogP contribution in [0.4, 0.5) is 0 Å². The Morgan fingerprint density at radius 1 is 0.833 bits per heavy atom. The summed E-state index contributed by atoms with van der Waals surface area (Å²) < 4.78 is 12.0. The fourth-order valence-electron chi connectivity index (χ4n) is 2.82. The number of hydrogen-bond acceptors (Lipinski definition) is 5. The maximum Gasteiger partial charge on any atom is 0.321 e. The van der Waals surface area contributed by atoms with E-state index in [9.17, 15) is 4.79 Å². The molecule has 1 atom stereocenters. The standard InChI is InChI=1S/C24H26N2O4/c25-21(24(27)28)15-26-14-20-11-12-22(29-16-18-7-3-1-4-8-18)23(13-20)30-17-19-9-5-2-6-10-19/h1-13,21,26H,14-17,25H2,(H,27,28). The first-order valence-corrected chi connectivity index (χ1v) is 9.77. The van der Waals surface area contributed by atoms with Crippen molar-refractivity contribution in [3.05, 3.63) is 95.6 Å². The Morgan fingerprint density at radius 3 is 1.97 bits per heavy atom. The van der Waals surface area contributed by atoms with E-state index in [1.54, 1.807) is 0 Å². The lowest BCUT2D eigenvalue weighted by molar-refractivity contribution is -0.138. The Morgan fingerprint density at radius 2 is 1.40 bits per heavy atom. The van der Waals surface area contributed by atoms with Gasteiger partial charge in [0.2, 0.25) is 0 Å². The van der Waals surface area contributed by atoms with E-state index < -0.39 is 12.0 Å². The lowest BCUT2D eigenvalue weighted by Gasteiger charge is -2.15. The van der Waals surface area contributed by atoms with Gasteiger partial charge < -0.3 is 25.6 Å². The summed E-state index contributed by atoms with van der Waals surface area (Å²) in [5.41, 5.74) is 8.61. The molecular formula is C24H26N2O4. The van der Waals surface area contributed by atoms with Gasteiger partial charge in [0.05, 0.1) is 0 Å². The molecule has 0 heterocycles. The molecule has 0 aliphatic rings. The van der Waals surface area contributed by atoms with Crippen LogP contribution in [0.25, 0.3) is 0 Å². The molecule has 6 heteroatoms. The fourth-order valence-corrected chi connectivity index (χ4v) is 2.82. The van der Waals surface area contributed by atoms with E-state index in [0.29, 0.717) is 31.3 Å². The van der Waals surface area contributed by atoms with Crippen LogP contribution < -0.4 is 20.5 Å². The number of hydrogen-bond donors (Lipinski definition) is 3. The van der Waals surface area contributed by atoms with Crippen molar-refractivity contribution in [3.63, 3.8) is 0 Å². The first-order chi connectivity index (χ1) is 14.6. The van der Waals surface area contributed by atoms with Crippen molar-refractivity contribution < 1.29 is 19.4 Å². The summed E-state index contributed by atoms with van der Waals surface area (Å²) in [5.74, 6) is 0.261. The number of ether oxygens (including phenoxy) is 2. The molecule has 6 nitrogen and oxygen atoms in total. The summed E-state index contributed by atoms with van der Waals surface area (Å²) in [6, 6.07) is 24.6. The minimum Gasteiger partial charge on any atom is -0.485 e. The Kier molecular flexibility index (Phi) is 7.83. The molecule has 0 amide bonds. The molecule has 0 saturated heterocycles. The molecule has 3 aromatic rings. The van der Waals surface area contributed by atoms with Crippen LogP contribution in [-0.2, 0) is 24.6 Å². The third kappa shape index (κ3) is 6.62. The van der Waals surface area contributed by atoms with Crippen molar-refractivity contribution in [3.8, 4) is 11.5 Å². The van der Waals surface area contributed by atoms with Gasteiger partial charge in [-0.2, -0.15) is 0 Å². The summed E-state index contributed by atoms with van der Waals surface area (Å²) in [6.45, 7) is 1.51. The first-order valence-electron chi connectivity index (χ1n) is 9.77. The number of carboxylic acids is 1. The third-order valence-electron chi connectivity index (χ3n) is 4.49. The molecular weight excluding hydrogens is 380 g/mol. The van der Waals surface area contributed by atoms with Gasteiger partial charge in [0.15, 0.2) is 11.5 Å². The minimum atomic E-state index is -1.03. The quantitative estimate of drug-likeness (QED) is 0.452. The zero-order valence-electron chi connectivity index (χ0n) is 16.7. The Balaban J connectivity index is 1.68. The van der Waals surface area contributed by atoms with Crippen molar-refractivity contribution in [1.82, 2.24) is 5.32 Å². The number of rotatable bonds is 11. The molecule has 0 bridgehead atoms. The molecule has 0 aromatic heterocycles. The number of aliphatic carboxylic acids is 1. The highest BCUT2D eigenvalue weighted by atomic mass is 16.5. The average Bonchev–Trinajstić information content (AvgIpc) is 2.78. The Labute approximate surface area is 176 Å². The van der Waals surface area contributed by atoms with E-state index in [1.807, 2.05) is 78.9 Å². The third-order valence-corrected chi connectivity index (χ3v) is 4.49. The molecule has 156 valence electrons. The van der Waals surface area contributed by atoms with Crippen molar-refractivity contribution in [2.24, 2.45) is 5.73 Å². The summed E-state index contributed by atoms with van der Waals surface area (Å²) in [5, 5.41) is 11.9. The highest BCUT2D eigenvalue weighted by molar-refractivity contribution is 5.73. The summed E-state index contributed by atoms with van der Waals surface area (Å²) >= 11 is 0. The Hall–Kier alpha value is -3.35. The maximum absolute atomic E-state index is 10.8. The topological polar surface area (TPSA) is 93.8 Å². The fraction of sp³-hybridized carbons (Fsp3) is 0.208. The molecule has 4 N–H and O–H groups in total. The van der Waals surface area contributed by atoms with E-state index >= 15 is 0 Å². The molecule has 0 spiro atoms. The monoisotopic (exact) mass is 406 g/mol. The maximum atomic E-state index is 10.8. The zero-order valence-corrected chi connectivity index (χ0v) is 16.7. The predicted octanol–water partition coefficient (Wildman–Crippen LogP) is 3.35. The van der Waals surface area contributed by atoms with Crippen LogP contribution in [0.3, 0.4) is 0 Å². The van der Waals surface area contributed by atoms with Gasteiger partial charge in [0.25, 0.3) is 0 Å². The second kappa shape index (κ2) is 11.0. The van der Waals surface area contributed by atoms with Gasteiger partial charge in [-0.25, -0.2) is 0 Å². The van der Waals surface area contributed by atoms with Crippen LogP contribution in [0.2, 0.25) is 0 Å². The summed E-state index contributed by atoms with van der Waals surface area (Å²) in [4.78, 5) is 10.8. The second-order valence-electron chi connectivity index (χ2n) is 6.91. The largest absolute Gasteiger partial charge is 0.485 e. The molecule has 0 aliphatic carbocycles. The van der Waals surface area contributed by atoms with Crippen LogP contribution in [0.5, 0.6) is 11.5 Å². The van der Waals surface area contributed by atoms with Crippen LogP contribution >= 0.6 is 0 Å². The highest BCUT2D eigenvalue weighted by Crippen LogP contribution is 2.30. The molecule has 0 radical (unpaired) electrons. The smallest absolute Gasteiger partial charge is 0.321 e. The van der Waals surface area contributed by atoms with Gasteiger partial charge in [-0.05, 0) is 28.8 Å². The molecule has 1 unspecified atom stereocenters. The number of carboxylic acid groups (broad SMARTS) is 1. The van der Waals surface area contributed by atoms with E-state index in [1.165, 1.54) is 0 Å². The number of nitrogens with one attached hydrogen (secondary N) is 1. The zero-order chi connectivity index (χ0) is 21.2. The van der Waals surface area contributed by atoms with Gasteiger partial charge in [-0.1, -0.05) is 66.7 Å². The lowest BCUT2D eigenvalue weighted by Crippen LogP contribution is -2.40. The number of benzene rings is 3. The molecule has 3 aromatic carbocycles. The predicted molar refractivity (Wildman–Crippen MR) is 115 cm³/mol. The van der Waals surface area contributed by atoms with Crippen LogP contribution in [0.15, 0.2) is 78.9 Å². The Bertz CT molecular complexity index is 932. The molecule has 0 aliphatic heterocycles. The molecule has 30 heavy (non-hydrogen) atoms. The van der Waals surface area contributed by atoms with Crippen LogP contribution in [0, 0.1) is 0 Å². The van der Waals surface area contributed by atoms with Gasteiger partial charge >= 0.3 is 5.97 Å². The lowest BCUT2D eigenvalue weighted by atomic mass is 10.2. The van der Waals surface area contributed by atoms with E-state index in [4.69, 9.17) is 20.3 Å². The SMILES string of the molecule is NC(CNCc1ccc(OCc2ccccc2)c(OCc2ccccc2)c1)C(=O)O. The van der Waals surface area contributed by atoms with E-state index in [2.05, 4.69) is 5.32 Å².